The van der Waals surface area contributed by atoms with Gasteiger partial charge in [0.1, 0.15) is 0 Å². The van der Waals surface area contributed by atoms with Crippen LogP contribution in [0.25, 0.3) is 0 Å². The molecule has 13 heavy (non-hydrogen) atoms. The third-order valence-electron chi connectivity index (χ3n) is 1.84. The molecule has 0 saturated heterocycles. The van der Waals surface area contributed by atoms with E-state index in [2.05, 4.69) is 58.9 Å². The molecule has 0 aliphatic rings. The Balaban J connectivity index is 3.89. The molecule has 0 saturated carbocycles. The molecule has 0 aromatic rings. The molecular weight excluding hydrogens is 160 g/mol. The van der Waals surface area contributed by atoms with Crippen molar-refractivity contribution in [2.45, 2.75) is 40.2 Å². The lowest BCUT2D eigenvalue weighted by Crippen LogP contribution is -2.45. The molecule has 0 amide bonds. The van der Waals surface area contributed by atoms with Crippen LogP contribution in [-0.4, -0.2) is 37.6 Å². The first-order chi connectivity index (χ1) is 5.62. The van der Waals surface area contributed by atoms with Gasteiger partial charge in [-0.05, 0) is 40.3 Å². The van der Waals surface area contributed by atoms with Crippen molar-refractivity contribution in [3.8, 4) is 0 Å². The van der Waals surface area contributed by atoms with E-state index < -0.39 is 0 Å². The van der Waals surface area contributed by atoms with Crippen molar-refractivity contribution < 1.29 is 0 Å². The highest BCUT2D eigenvalue weighted by Crippen LogP contribution is 2.15. The van der Waals surface area contributed by atoms with Crippen LogP contribution in [-0.2, 0) is 0 Å². The summed E-state index contributed by atoms with van der Waals surface area (Å²) in [5, 5.41) is 3.54. The largest absolute Gasteiger partial charge is 0.311 e. The van der Waals surface area contributed by atoms with Crippen LogP contribution in [0.3, 0.4) is 0 Å². The lowest BCUT2D eigenvalue weighted by Gasteiger charge is -2.32. The second-order valence-electron chi connectivity index (χ2n) is 6.01. The van der Waals surface area contributed by atoms with Gasteiger partial charge in [-0.25, -0.2) is 0 Å². The summed E-state index contributed by atoms with van der Waals surface area (Å²) in [4.78, 5) is 2.24. The van der Waals surface area contributed by atoms with Crippen molar-refractivity contribution in [1.29, 1.82) is 0 Å². The number of hydrogen-bond donors (Lipinski definition) is 1. The molecule has 0 aromatic heterocycles. The zero-order chi connectivity index (χ0) is 10.7. The fourth-order valence-corrected chi connectivity index (χ4v) is 1.42. The number of rotatable bonds is 4. The SMILES string of the molecule is CN(C)CC(C)(C)CNC(C)(C)C. The summed E-state index contributed by atoms with van der Waals surface area (Å²) in [6.07, 6.45) is 0. The fourth-order valence-electron chi connectivity index (χ4n) is 1.42. The standard InChI is InChI=1S/C11H26N2/c1-10(2,3)12-8-11(4,5)9-13(6)7/h12H,8-9H2,1-7H3. The van der Waals surface area contributed by atoms with Gasteiger partial charge in [0.2, 0.25) is 0 Å². The average molecular weight is 186 g/mol. The molecule has 0 aliphatic carbocycles. The van der Waals surface area contributed by atoms with Gasteiger partial charge in [0, 0.05) is 18.6 Å². The zero-order valence-corrected chi connectivity index (χ0v) is 10.4. The van der Waals surface area contributed by atoms with Gasteiger partial charge in [-0.15, -0.1) is 0 Å². The molecule has 0 rings (SSSR count). The van der Waals surface area contributed by atoms with Gasteiger partial charge in [0.15, 0.2) is 0 Å². The van der Waals surface area contributed by atoms with Crippen LogP contribution in [0.4, 0.5) is 0 Å². The second kappa shape index (κ2) is 4.43. The minimum absolute atomic E-state index is 0.226. The first kappa shape index (κ1) is 12.9. The highest BCUT2D eigenvalue weighted by molar-refractivity contribution is 4.79. The van der Waals surface area contributed by atoms with E-state index in [9.17, 15) is 0 Å². The summed E-state index contributed by atoms with van der Waals surface area (Å²) in [5.41, 5.74) is 0.570. The molecule has 0 spiro atoms. The Morgan fingerprint density at radius 2 is 1.46 bits per heavy atom. The van der Waals surface area contributed by atoms with Crippen LogP contribution in [0.5, 0.6) is 0 Å². The van der Waals surface area contributed by atoms with Crippen LogP contribution in [0.15, 0.2) is 0 Å². The van der Waals surface area contributed by atoms with E-state index in [1.165, 1.54) is 0 Å². The zero-order valence-electron chi connectivity index (χ0n) is 10.4. The molecule has 2 heteroatoms. The predicted octanol–water partition coefficient (Wildman–Crippen LogP) is 1.96. The Hall–Kier alpha value is -0.0800. The smallest absolute Gasteiger partial charge is 0.00967 e. The maximum atomic E-state index is 3.54. The molecule has 2 nitrogen and oxygen atoms in total. The number of hydrogen-bond acceptors (Lipinski definition) is 2. The van der Waals surface area contributed by atoms with E-state index in [4.69, 9.17) is 0 Å². The van der Waals surface area contributed by atoms with Gasteiger partial charge in [-0.1, -0.05) is 13.8 Å². The Bertz CT molecular complexity index is 143. The summed E-state index contributed by atoms with van der Waals surface area (Å²) >= 11 is 0. The summed E-state index contributed by atoms with van der Waals surface area (Å²) in [7, 11) is 4.25. The van der Waals surface area contributed by atoms with Crippen molar-refractivity contribution in [3.63, 3.8) is 0 Å². The predicted molar refractivity (Wildman–Crippen MR) is 60.1 cm³/mol. The summed E-state index contributed by atoms with van der Waals surface area (Å²) in [6.45, 7) is 13.4. The van der Waals surface area contributed by atoms with E-state index in [-0.39, 0.29) is 5.54 Å². The van der Waals surface area contributed by atoms with Gasteiger partial charge in [-0.3, -0.25) is 0 Å². The first-order valence-electron chi connectivity index (χ1n) is 5.02. The Morgan fingerprint density at radius 1 is 1.00 bits per heavy atom. The highest BCUT2D eigenvalue weighted by atomic mass is 15.1. The lowest BCUT2D eigenvalue weighted by molar-refractivity contribution is 0.214. The van der Waals surface area contributed by atoms with E-state index in [0.29, 0.717) is 5.41 Å². The van der Waals surface area contributed by atoms with Crippen molar-refractivity contribution in [1.82, 2.24) is 10.2 Å². The van der Waals surface area contributed by atoms with Crippen molar-refractivity contribution >= 4 is 0 Å². The summed E-state index contributed by atoms with van der Waals surface area (Å²) < 4.78 is 0. The average Bonchev–Trinajstić information content (AvgIpc) is 1.79. The van der Waals surface area contributed by atoms with Crippen LogP contribution in [0.1, 0.15) is 34.6 Å². The quantitative estimate of drug-likeness (QED) is 0.722. The maximum Gasteiger partial charge on any atom is 0.00967 e. The molecule has 0 bridgehead atoms. The van der Waals surface area contributed by atoms with Gasteiger partial charge >= 0.3 is 0 Å². The van der Waals surface area contributed by atoms with Gasteiger partial charge in [0.25, 0.3) is 0 Å². The summed E-state index contributed by atoms with van der Waals surface area (Å²) in [5.74, 6) is 0. The van der Waals surface area contributed by atoms with Gasteiger partial charge < -0.3 is 10.2 Å². The topological polar surface area (TPSA) is 15.3 Å². The molecule has 0 unspecified atom stereocenters. The normalized spacial score (nSPS) is 13.8. The van der Waals surface area contributed by atoms with Crippen molar-refractivity contribution in [2.24, 2.45) is 5.41 Å². The van der Waals surface area contributed by atoms with E-state index in [0.717, 1.165) is 13.1 Å². The fraction of sp³-hybridized carbons (Fsp3) is 1.00. The van der Waals surface area contributed by atoms with E-state index in [1.807, 2.05) is 0 Å². The molecule has 80 valence electrons. The van der Waals surface area contributed by atoms with Gasteiger partial charge in [0.05, 0.1) is 0 Å². The Kier molecular flexibility index (Phi) is 4.40. The molecule has 0 radical (unpaired) electrons. The molecular formula is C11H26N2. The van der Waals surface area contributed by atoms with E-state index in [1.54, 1.807) is 0 Å². The van der Waals surface area contributed by atoms with Crippen LogP contribution < -0.4 is 5.32 Å². The molecule has 0 aromatic carbocycles. The monoisotopic (exact) mass is 186 g/mol. The molecule has 0 aliphatic heterocycles. The van der Waals surface area contributed by atoms with Crippen LogP contribution in [0, 0.1) is 5.41 Å². The lowest BCUT2D eigenvalue weighted by atomic mass is 9.91. The minimum atomic E-state index is 0.226. The molecule has 0 atom stereocenters. The van der Waals surface area contributed by atoms with Gasteiger partial charge in [-0.2, -0.15) is 0 Å². The third-order valence-corrected chi connectivity index (χ3v) is 1.84. The van der Waals surface area contributed by atoms with Crippen molar-refractivity contribution in [3.05, 3.63) is 0 Å². The Labute approximate surface area is 83.7 Å². The number of nitrogens with one attached hydrogen (secondary N) is 1. The van der Waals surface area contributed by atoms with Crippen LogP contribution in [0.2, 0.25) is 0 Å². The molecule has 0 fully saturated rings. The summed E-state index contributed by atoms with van der Waals surface area (Å²) in [6, 6.07) is 0. The Morgan fingerprint density at radius 3 is 1.77 bits per heavy atom. The molecule has 0 heterocycles. The highest BCUT2D eigenvalue weighted by Gasteiger charge is 2.21. The number of nitrogens with zero attached hydrogens (tertiary/aromatic N) is 1. The first-order valence-corrected chi connectivity index (χ1v) is 5.02. The minimum Gasteiger partial charge on any atom is -0.311 e. The van der Waals surface area contributed by atoms with Crippen molar-refractivity contribution in [2.75, 3.05) is 27.2 Å². The maximum absolute atomic E-state index is 3.54. The molecule has 1 N–H and O–H groups in total. The third kappa shape index (κ3) is 8.26. The van der Waals surface area contributed by atoms with E-state index >= 15 is 0 Å². The van der Waals surface area contributed by atoms with Crippen LogP contribution >= 0.6 is 0 Å². The second-order valence-corrected chi connectivity index (χ2v) is 6.01.